The third-order valence-corrected chi connectivity index (χ3v) is 2.73. The number of hydrogen-bond donors (Lipinski definition) is 1. The van der Waals surface area contributed by atoms with Crippen LogP contribution >= 0.6 is 0 Å². The minimum Gasteiger partial charge on any atom is -0.399 e. The molecule has 3 nitrogen and oxygen atoms in total. The van der Waals surface area contributed by atoms with Crippen LogP contribution in [-0.4, -0.2) is 9.78 Å². The van der Waals surface area contributed by atoms with E-state index in [0.717, 1.165) is 16.8 Å². The summed E-state index contributed by atoms with van der Waals surface area (Å²) in [6.45, 7) is -0.439. The van der Waals surface area contributed by atoms with Gasteiger partial charge in [0, 0.05) is 11.9 Å². The SMILES string of the molecule is Nc1ccc(Cn2cc(C(F)(F)F)cn2)c(C(F)(F)F)c1. The van der Waals surface area contributed by atoms with Gasteiger partial charge in [-0.1, -0.05) is 6.07 Å². The topological polar surface area (TPSA) is 43.8 Å². The molecule has 0 saturated carbocycles. The first kappa shape index (κ1) is 15.2. The van der Waals surface area contributed by atoms with E-state index in [1.54, 1.807) is 0 Å². The van der Waals surface area contributed by atoms with Gasteiger partial charge in [0.15, 0.2) is 0 Å². The predicted molar refractivity (Wildman–Crippen MR) is 62.2 cm³/mol. The molecule has 0 saturated heterocycles. The van der Waals surface area contributed by atoms with Gasteiger partial charge in [0.2, 0.25) is 0 Å². The fourth-order valence-corrected chi connectivity index (χ4v) is 1.77. The van der Waals surface area contributed by atoms with Gasteiger partial charge < -0.3 is 5.73 Å². The summed E-state index contributed by atoms with van der Waals surface area (Å²) in [4.78, 5) is 0. The molecule has 2 N–H and O–H groups in total. The molecular formula is C12H9F6N3. The first-order chi connectivity index (χ1) is 9.57. The lowest BCUT2D eigenvalue weighted by Crippen LogP contribution is -2.13. The van der Waals surface area contributed by atoms with Gasteiger partial charge in [-0.05, 0) is 17.7 Å². The van der Waals surface area contributed by atoms with Crippen LogP contribution in [-0.2, 0) is 18.9 Å². The van der Waals surface area contributed by atoms with Crippen molar-refractivity contribution in [3.05, 3.63) is 47.3 Å². The Morgan fingerprint density at radius 1 is 1.05 bits per heavy atom. The summed E-state index contributed by atoms with van der Waals surface area (Å²) in [7, 11) is 0. The highest BCUT2D eigenvalue weighted by Gasteiger charge is 2.34. The number of nitrogens with two attached hydrogens (primary N) is 1. The number of benzene rings is 1. The average Bonchev–Trinajstić information content (AvgIpc) is 2.78. The van der Waals surface area contributed by atoms with Gasteiger partial charge in [-0.3, -0.25) is 4.68 Å². The normalized spacial score (nSPS) is 12.7. The van der Waals surface area contributed by atoms with Gasteiger partial charge in [0.1, 0.15) is 0 Å². The monoisotopic (exact) mass is 309 g/mol. The summed E-state index contributed by atoms with van der Waals surface area (Å²) in [6, 6.07) is 3.11. The molecule has 21 heavy (non-hydrogen) atoms. The van der Waals surface area contributed by atoms with Crippen LogP contribution in [0.2, 0.25) is 0 Å². The zero-order valence-electron chi connectivity index (χ0n) is 10.3. The van der Waals surface area contributed by atoms with Crippen LogP contribution in [0.15, 0.2) is 30.6 Å². The van der Waals surface area contributed by atoms with E-state index in [-0.39, 0.29) is 11.3 Å². The van der Waals surface area contributed by atoms with E-state index in [9.17, 15) is 26.3 Å². The van der Waals surface area contributed by atoms with Crippen molar-refractivity contribution in [1.29, 1.82) is 0 Å². The third-order valence-electron chi connectivity index (χ3n) is 2.73. The van der Waals surface area contributed by atoms with Crippen molar-refractivity contribution in [3.63, 3.8) is 0 Å². The summed E-state index contributed by atoms with van der Waals surface area (Å²) in [6.07, 6.45) is -8.03. The molecule has 2 aromatic rings. The maximum Gasteiger partial charge on any atom is 0.419 e. The summed E-state index contributed by atoms with van der Waals surface area (Å²) < 4.78 is 76.6. The lowest BCUT2D eigenvalue weighted by Gasteiger charge is -2.13. The molecule has 0 unspecified atom stereocenters. The zero-order valence-corrected chi connectivity index (χ0v) is 10.3. The minimum absolute atomic E-state index is 0.0810. The highest BCUT2D eigenvalue weighted by Crippen LogP contribution is 2.34. The lowest BCUT2D eigenvalue weighted by molar-refractivity contribution is -0.139. The van der Waals surface area contributed by atoms with E-state index in [4.69, 9.17) is 5.73 Å². The molecule has 2 rings (SSSR count). The molecule has 0 spiro atoms. The smallest absolute Gasteiger partial charge is 0.399 e. The molecule has 0 aliphatic rings. The third kappa shape index (κ3) is 3.47. The van der Waals surface area contributed by atoms with E-state index in [2.05, 4.69) is 5.10 Å². The summed E-state index contributed by atoms with van der Waals surface area (Å²) in [5.41, 5.74) is 3.00. The Bertz CT molecular complexity index is 641. The minimum atomic E-state index is -4.65. The second-order valence-electron chi connectivity index (χ2n) is 4.34. The van der Waals surface area contributed by atoms with E-state index in [1.807, 2.05) is 0 Å². The maximum absolute atomic E-state index is 12.9. The van der Waals surface area contributed by atoms with Crippen molar-refractivity contribution in [2.45, 2.75) is 18.9 Å². The molecule has 0 aliphatic carbocycles. The second-order valence-corrected chi connectivity index (χ2v) is 4.34. The van der Waals surface area contributed by atoms with Crippen molar-refractivity contribution in [1.82, 2.24) is 9.78 Å². The first-order valence-electron chi connectivity index (χ1n) is 5.62. The van der Waals surface area contributed by atoms with Crippen LogP contribution in [0.25, 0.3) is 0 Å². The number of rotatable bonds is 2. The van der Waals surface area contributed by atoms with Crippen LogP contribution in [0.4, 0.5) is 32.0 Å². The number of nitrogens with zero attached hydrogens (tertiary/aromatic N) is 2. The molecule has 1 aromatic carbocycles. The Morgan fingerprint density at radius 3 is 2.24 bits per heavy atom. The van der Waals surface area contributed by atoms with Crippen molar-refractivity contribution in [2.24, 2.45) is 0 Å². The number of aromatic nitrogens is 2. The van der Waals surface area contributed by atoms with Crippen molar-refractivity contribution in [2.75, 3.05) is 5.73 Å². The molecule has 114 valence electrons. The Hall–Kier alpha value is -2.19. The van der Waals surface area contributed by atoms with Crippen molar-refractivity contribution in [3.8, 4) is 0 Å². The van der Waals surface area contributed by atoms with Crippen LogP contribution in [0.3, 0.4) is 0 Å². The predicted octanol–water partition coefficient (Wildman–Crippen LogP) is 3.55. The van der Waals surface area contributed by atoms with Crippen molar-refractivity contribution < 1.29 is 26.3 Å². The number of alkyl halides is 6. The Balaban J connectivity index is 2.34. The Morgan fingerprint density at radius 2 is 1.71 bits per heavy atom. The number of hydrogen-bond acceptors (Lipinski definition) is 2. The first-order valence-corrected chi connectivity index (χ1v) is 5.62. The fourth-order valence-electron chi connectivity index (χ4n) is 1.77. The maximum atomic E-state index is 12.9. The van der Waals surface area contributed by atoms with Crippen LogP contribution < -0.4 is 5.73 Å². The molecule has 1 heterocycles. The molecule has 0 bridgehead atoms. The van der Waals surface area contributed by atoms with E-state index >= 15 is 0 Å². The lowest BCUT2D eigenvalue weighted by atomic mass is 10.1. The second kappa shape index (κ2) is 4.97. The van der Waals surface area contributed by atoms with Crippen LogP contribution in [0.5, 0.6) is 0 Å². The largest absolute Gasteiger partial charge is 0.419 e. The van der Waals surface area contributed by atoms with Crippen LogP contribution in [0.1, 0.15) is 16.7 Å². The molecule has 0 radical (unpaired) electrons. The Kier molecular flexibility index (Phi) is 3.60. The Labute approximate surface area is 115 Å². The molecule has 0 aliphatic heterocycles. The average molecular weight is 309 g/mol. The fraction of sp³-hybridized carbons (Fsp3) is 0.250. The van der Waals surface area contributed by atoms with Gasteiger partial charge in [0.05, 0.1) is 23.9 Å². The molecule has 0 fully saturated rings. The number of anilines is 1. The summed E-state index contributed by atoms with van der Waals surface area (Å²) in [5, 5.41) is 3.42. The van der Waals surface area contributed by atoms with Gasteiger partial charge in [-0.25, -0.2) is 0 Å². The van der Waals surface area contributed by atoms with E-state index in [1.165, 1.54) is 6.07 Å². The highest BCUT2D eigenvalue weighted by molar-refractivity contribution is 5.46. The van der Waals surface area contributed by atoms with Crippen LogP contribution in [0, 0.1) is 0 Å². The molecule has 0 atom stereocenters. The molecule has 9 heteroatoms. The molecular weight excluding hydrogens is 300 g/mol. The molecule has 1 aromatic heterocycles. The van der Waals surface area contributed by atoms with Gasteiger partial charge in [-0.2, -0.15) is 31.4 Å². The van der Waals surface area contributed by atoms with Gasteiger partial charge in [0.25, 0.3) is 0 Å². The van der Waals surface area contributed by atoms with Crippen molar-refractivity contribution >= 4 is 5.69 Å². The standard InChI is InChI=1S/C12H9F6N3/c13-11(14,15)8-4-20-21(6-8)5-7-1-2-9(19)3-10(7)12(16,17)18/h1-4,6H,5,19H2. The summed E-state index contributed by atoms with van der Waals surface area (Å²) >= 11 is 0. The zero-order chi connectivity index (χ0) is 15.8. The molecule has 0 amide bonds. The van der Waals surface area contributed by atoms with Gasteiger partial charge >= 0.3 is 12.4 Å². The number of nitrogen functional groups attached to an aromatic ring is 1. The highest BCUT2D eigenvalue weighted by atomic mass is 19.4. The van der Waals surface area contributed by atoms with Gasteiger partial charge in [-0.15, -0.1) is 0 Å². The quantitative estimate of drug-likeness (QED) is 0.681. The van der Waals surface area contributed by atoms with E-state index in [0.29, 0.717) is 12.4 Å². The number of halogens is 6. The van der Waals surface area contributed by atoms with E-state index < -0.39 is 30.0 Å². The summed E-state index contributed by atoms with van der Waals surface area (Å²) in [5.74, 6) is 0.